The van der Waals surface area contributed by atoms with Gasteiger partial charge in [0, 0.05) is 0 Å². The van der Waals surface area contributed by atoms with E-state index in [1.807, 2.05) is 0 Å². The number of anilines is 2. The Bertz CT molecular complexity index is 1190. The fourth-order valence-corrected chi connectivity index (χ4v) is 4.52. The molecule has 0 unspecified atom stereocenters. The van der Waals surface area contributed by atoms with Gasteiger partial charge in [-0.1, -0.05) is 23.5 Å². The highest BCUT2D eigenvalue weighted by Crippen LogP contribution is 2.26. The minimum Gasteiger partial charge on any atom is -0.366 e. The Balaban J connectivity index is 1.82. The predicted molar refractivity (Wildman–Crippen MR) is 107 cm³/mol. The minimum absolute atomic E-state index is 0.0276. The second-order valence-corrected chi connectivity index (χ2v) is 8.54. The fourth-order valence-electron chi connectivity index (χ4n) is 2.42. The molecule has 29 heavy (non-hydrogen) atoms. The van der Waals surface area contributed by atoms with Gasteiger partial charge < -0.3 is 11.1 Å². The molecule has 1 heterocycles. The van der Waals surface area contributed by atoms with Crippen molar-refractivity contribution in [3.8, 4) is 0 Å². The van der Waals surface area contributed by atoms with Crippen LogP contribution in [0.15, 0.2) is 53.4 Å². The molecule has 11 heteroatoms. The molecule has 3 rings (SSSR count). The molecule has 0 aliphatic heterocycles. The first-order valence-electron chi connectivity index (χ1n) is 8.13. The van der Waals surface area contributed by atoms with Gasteiger partial charge in [-0.05, 0) is 43.3 Å². The average Bonchev–Trinajstić information content (AvgIpc) is 3.02. The lowest BCUT2D eigenvalue weighted by atomic mass is 10.1. The van der Waals surface area contributed by atoms with Crippen LogP contribution in [0.2, 0.25) is 0 Å². The van der Waals surface area contributed by atoms with Crippen molar-refractivity contribution < 1.29 is 22.4 Å². The van der Waals surface area contributed by atoms with E-state index in [1.165, 1.54) is 12.1 Å². The Morgan fingerprint density at radius 3 is 2.41 bits per heavy atom. The van der Waals surface area contributed by atoms with Crippen molar-refractivity contribution >= 4 is 44.0 Å². The molecule has 0 bridgehead atoms. The standard InChI is InChI=1S/C18H15FN4O4S2/c1-10-15(17(25)22-14-5-3-2-4-13(14)16(20)24)28-18(21-10)23-29(26,27)12-8-6-11(19)7-9-12/h2-9H,1H3,(H2,20,24)(H,21,23)(H,22,25). The number of hydrogen-bond acceptors (Lipinski definition) is 6. The molecule has 0 radical (unpaired) electrons. The highest BCUT2D eigenvalue weighted by molar-refractivity contribution is 7.93. The monoisotopic (exact) mass is 434 g/mol. The number of hydrogen-bond donors (Lipinski definition) is 3. The van der Waals surface area contributed by atoms with Crippen LogP contribution in [0.25, 0.3) is 0 Å². The number of sulfonamides is 1. The lowest BCUT2D eigenvalue weighted by molar-refractivity contribution is 0.100. The molecular weight excluding hydrogens is 419 g/mol. The molecule has 0 spiro atoms. The van der Waals surface area contributed by atoms with Crippen molar-refractivity contribution in [1.82, 2.24) is 4.98 Å². The Morgan fingerprint density at radius 2 is 1.76 bits per heavy atom. The number of aryl methyl sites for hydroxylation is 1. The zero-order valence-corrected chi connectivity index (χ0v) is 16.6. The highest BCUT2D eigenvalue weighted by Gasteiger charge is 2.21. The number of nitrogens with zero attached hydrogens (tertiary/aromatic N) is 1. The van der Waals surface area contributed by atoms with E-state index in [-0.39, 0.29) is 26.2 Å². The summed E-state index contributed by atoms with van der Waals surface area (Å²) in [6.45, 7) is 1.54. The highest BCUT2D eigenvalue weighted by atomic mass is 32.2. The van der Waals surface area contributed by atoms with Gasteiger partial charge in [-0.15, -0.1) is 0 Å². The quantitative estimate of drug-likeness (QED) is 0.549. The third-order valence-corrected chi connectivity index (χ3v) is 6.34. The van der Waals surface area contributed by atoms with Gasteiger partial charge in [-0.25, -0.2) is 17.8 Å². The number of para-hydroxylation sites is 1. The predicted octanol–water partition coefficient (Wildman–Crippen LogP) is 2.74. The van der Waals surface area contributed by atoms with Gasteiger partial charge >= 0.3 is 0 Å². The second kappa shape index (κ2) is 7.97. The molecule has 0 atom stereocenters. The van der Waals surface area contributed by atoms with Crippen LogP contribution in [0.1, 0.15) is 25.7 Å². The number of carbonyl (C=O) groups is 2. The van der Waals surface area contributed by atoms with Crippen molar-refractivity contribution in [3.63, 3.8) is 0 Å². The average molecular weight is 434 g/mol. The molecule has 0 saturated carbocycles. The zero-order chi connectivity index (χ0) is 21.2. The second-order valence-electron chi connectivity index (χ2n) is 5.86. The lowest BCUT2D eigenvalue weighted by Crippen LogP contribution is -2.18. The van der Waals surface area contributed by atoms with Gasteiger partial charge in [0.15, 0.2) is 5.13 Å². The SMILES string of the molecule is Cc1nc(NS(=O)(=O)c2ccc(F)cc2)sc1C(=O)Nc1ccccc1C(N)=O. The Labute approximate surface area is 169 Å². The summed E-state index contributed by atoms with van der Waals surface area (Å²) >= 11 is 0.822. The molecule has 150 valence electrons. The van der Waals surface area contributed by atoms with E-state index in [0.717, 1.165) is 35.6 Å². The van der Waals surface area contributed by atoms with Gasteiger partial charge in [0.25, 0.3) is 21.8 Å². The van der Waals surface area contributed by atoms with Gasteiger partial charge in [0.05, 0.1) is 21.8 Å². The van der Waals surface area contributed by atoms with Crippen LogP contribution in [0.4, 0.5) is 15.2 Å². The van der Waals surface area contributed by atoms with Gasteiger partial charge in [-0.2, -0.15) is 0 Å². The largest absolute Gasteiger partial charge is 0.366 e. The van der Waals surface area contributed by atoms with Crippen molar-refractivity contribution in [2.45, 2.75) is 11.8 Å². The normalized spacial score (nSPS) is 11.1. The zero-order valence-electron chi connectivity index (χ0n) is 15.0. The molecule has 2 aromatic carbocycles. The first-order chi connectivity index (χ1) is 13.7. The van der Waals surface area contributed by atoms with Gasteiger partial charge in [0.1, 0.15) is 10.7 Å². The molecule has 4 N–H and O–H groups in total. The molecule has 1 aromatic heterocycles. The van der Waals surface area contributed by atoms with Gasteiger partial charge in [0.2, 0.25) is 0 Å². The van der Waals surface area contributed by atoms with E-state index in [1.54, 1.807) is 19.1 Å². The van der Waals surface area contributed by atoms with E-state index in [9.17, 15) is 22.4 Å². The number of amides is 2. The maximum Gasteiger partial charge on any atom is 0.267 e. The maximum atomic E-state index is 13.0. The van der Waals surface area contributed by atoms with Crippen LogP contribution < -0.4 is 15.8 Å². The number of nitrogens with two attached hydrogens (primary N) is 1. The van der Waals surface area contributed by atoms with Gasteiger partial charge in [-0.3, -0.25) is 14.3 Å². The van der Waals surface area contributed by atoms with Crippen LogP contribution in [-0.4, -0.2) is 25.2 Å². The number of halogens is 1. The van der Waals surface area contributed by atoms with E-state index >= 15 is 0 Å². The van der Waals surface area contributed by atoms with E-state index in [4.69, 9.17) is 5.73 Å². The molecular formula is C18H15FN4O4S2. The van der Waals surface area contributed by atoms with Crippen molar-refractivity contribution in [1.29, 1.82) is 0 Å². The van der Waals surface area contributed by atoms with E-state index < -0.39 is 27.7 Å². The molecule has 0 aliphatic carbocycles. The third kappa shape index (κ3) is 4.58. The van der Waals surface area contributed by atoms with Crippen LogP contribution in [-0.2, 0) is 10.0 Å². The fraction of sp³-hybridized carbons (Fsp3) is 0.0556. The molecule has 2 amide bonds. The van der Waals surface area contributed by atoms with Crippen molar-refractivity contribution in [2.75, 3.05) is 10.0 Å². The number of carbonyl (C=O) groups excluding carboxylic acids is 2. The third-order valence-electron chi connectivity index (χ3n) is 3.79. The summed E-state index contributed by atoms with van der Waals surface area (Å²) in [5.74, 6) is -1.83. The number of nitrogens with one attached hydrogen (secondary N) is 2. The first kappa shape index (κ1) is 20.4. The summed E-state index contributed by atoms with van der Waals surface area (Å²) in [5.41, 5.74) is 5.96. The summed E-state index contributed by atoms with van der Waals surface area (Å²) < 4.78 is 40.1. The molecule has 0 aliphatic rings. The smallest absolute Gasteiger partial charge is 0.267 e. The number of primary amides is 1. The van der Waals surface area contributed by atoms with Crippen LogP contribution in [0.5, 0.6) is 0 Å². The molecule has 0 saturated heterocycles. The van der Waals surface area contributed by atoms with Crippen molar-refractivity contribution in [2.24, 2.45) is 5.73 Å². The number of aromatic nitrogens is 1. The number of thiazole rings is 1. The van der Waals surface area contributed by atoms with Crippen LogP contribution >= 0.6 is 11.3 Å². The molecule has 8 nitrogen and oxygen atoms in total. The maximum absolute atomic E-state index is 13.0. The van der Waals surface area contributed by atoms with E-state index in [0.29, 0.717) is 5.69 Å². The van der Waals surface area contributed by atoms with E-state index in [2.05, 4.69) is 15.0 Å². The summed E-state index contributed by atoms with van der Waals surface area (Å²) in [6, 6.07) is 10.5. The first-order valence-corrected chi connectivity index (χ1v) is 10.4. The number of rotatable bonds is 6. The Hall–Kier alpha value is -3.31. The topological polar surface area (TPSA) is 131 Å². The minimum atomic E-state index is -4.00. The molecule has 3 aromatic rings. The summed E-state index contributed by atoms with van der Waals surface area (Å²) in [5, 5.41) is 2.55. The summed E-state index contributed by atoms with van der Waals surface area (Å²) in [7, 11) is -4.00. The number of benzene rings is 2. The molecule has 0 fully saturated rings. The van der Waals surface area contributed by atoms with Crippen molar-refractivity contribution in [3.05, 3.63) is 70.5 Å². The summed E-state index contributed by atoms with van der Waals surface area (Å²) in [6.07, 6.45) is 0. The Kier molecular flexibility index (Phi) is 5.62. The Morgan fingerprint density at radius 1 is 1.10 bits per heavy atom. The van der Waals surface area contributed by atoms with Crippen LogP contribution in [0, 0.1) is 12.7 Å². The summed E-state index contributed by atoms with van der Waals surface area (Å²) in [4.78, 5) is 28.1. The van der Waals surface area contributed by atoms with Crippen LogP contribution in [0.3, 0.4) is 0 Å². The lowest BCUT2D eigenvalue weighted by Gasteiger charge is -2.07.